The van der Waals surface area contributed by atoms with E-state index in [9.17, 15) is 9.59 Å². The minimum absolute atomic E-state index is 0.0617. The van der Waals surface area contributed by atoms with Crippen molar-refractivity contribution >= 4 is 29.3 Å². The number of rotatable bonds is 5. The van der Waals surface area contributed by atoms with Gasteiger partial charge in [-0.25, -0.2) is 5.43 Å². The number of hydrogen-bond acceptors (Lipinski definition) is 4. The first-order valence-corrected chi connectivity index (χ1v) is 8.65. The average Bonchev–Trinajstić information content (AvgIpc) is 2.68. The number of nitrogens with one attached hydrogen (secondary N) is 2. The van der Waals surface area contributed by atoms with Crippen molar-refractivity contribution in [1.82, 2.24) is 5.43 Å². The summed E-state index contributed by atoms with van der Waals surface area (Å²) in [5, 5.41) is 6.96. The number of amides is 2. The molecular weight excluding hydrogens is 342 g/mol. The molecule has 1 aliphatic rings. The summed E-state index contributed by atoms with van der Waals surface area (Å²) in [6, 6.07) is 14.8. The monoisotopic (exact) mass is 363 g/mol. The van der Waals surface area contributed by atoms with Gasteiger partial charge in [0, 0.05) is 24.1 Å². The van der Waals surface area contributed by atoms with E-state index in [0.29, 0.717) is 12.1 Å². The molecular formula is C21H21N3O3. The Kier molecular flexibility index (Phi) is 5.66. The molecule has 0 fully saturated rings. The number of carbonyl (C=O) groups is 2. The Balaban J connectivity index is 1.61. The summed E-state index contributed by atoms with van der Waals surface area (Å²) in [6.45, 7) is 1.97. The first kappa shape index (κ1) is 18.4. The number of anilines is 1. The van der Waals surface area contributed by atoms with E-state index in [1.807, 2.05) is 55.5 Å². The zero-order chi connectivity index (χ0) is 19.2. The third-order valence-electron chi connectivity index (χ3n) is 4.25. The third kappa shape index (κ3) is 4.82. The number of methoxy groups -OCH3 is 1. The van der Waals surface area contributed by atoms with E-state index in [1.54, 1.807) is 13.2 Å². The number of ether oxygens (including phenoxy) is 1. The lowest BCUT2D eigenvalue weighted by molar-refractivity contribution is -0.121. The summed E-state index contributed by atoms with van der Waals surface area (Å²) < 4.78 is 5.11. The Labute approximate surface area is 157 Å². The van der Waals surface area contributed by atoms with Crippen LogP contribution in [0.3, 0.4) is 0 Å². The minimum atomic E-state index is -0.214. The highest BCUT2D eigenvalue weighted by Gasteiger charge is 2.21. The molecule has 2 aromatic carbocycles. The fourth-order valence-electron chi connectivity index (χ4n) is 2.80. The number of nitrogens with zero attached hydrogens (tertiary/aromatic N) is 1. The van der Waals surface area contributed by atoms with Crippen LogP contribution >= 0.6 is 0 Å². The van der Waals surface area contributed by atoms with Gasteiger partial charge in [-0.05, 0) is 41.5 Å². The molecule has 0 spiro atoms. The Bertz CT molecular complexity index is 884. The summed E-state index contributed by atoms with van der Waals surface area (Å²) in [4.78, 5) is 23.4. The van der Waals surface area contributed by atoms with Crippen LogP contribution in [0.5, 0.6) is 5.75 Å². The van der Waals surface area contributed by atoms with Gasteiger partial charge in [0.15, 0.2) is 0 Å². The zero-order valence-corrected chi connectivity index (χ0v) is 15.2. The Morgan fingerprint density at radius 2 is 1.89 bits per heavy atom. The second kappa shape index (κ2) is 8.31. The lowest BCUT2D eigenvalue weighted by atomic mass is 9.94. The Morgan fingerprint density at radius 1 is 1.19 bits per heavy atom. The van der Waals surface area contributed by atoms with Crippen LogP contribution in [-0.4, -0.2) is 24.6 Å². The normalized spacial score (nSPS) is 16.6. The van der Waals surface area contributed by atoms with E-state index in [2.05, 4.69) is 15.8 Å². The molecule has 0 aromatic heterocycles. The fraction of sp³-hybridized carbons (Fsp3) is 0.190. The van der Waals surface area contributed by atoms with Crippen LogP contribution < -0.4 is 15.5 Å². The summed E-state index contributed by atoms with van der Waals surface area (Å²) >= 11 is 0. The van der Waals surface area contributed by atoms with Crippen LogP contribution in [-0.2, 0) is 9.59 Å². The summed E-state index contributed by atoms with van der Waals surface area (Å²) in [5.41, 5.74) is 5.88. The van der Waals surface area contributed by atoms with Crippen LogP contribution in [0.2, 0.25) is 0 Å². The lowest BCUT2D eigenvalue weighted by Crippen LogP contribution is -2.31. The topological polar surface area (TPSA) is 79.8 Å². The molecule has 3 rings (SSSR count). The predicted octanol–water partition coefficient (Wildman–Crippen LogP) is 3.21. The van der Waals surface area contributed by atoms with Gasteiger partial charge in [0.25, 0.3) is 0 Å². The predicted molar refractivity (Wildman–Crippen MR) is 106 cm³/mol. The van der Waals surface area contributed by atoms with Crippen molar-refractivity contribution in [3.63, 3.8) is 0 Å². The van der Waals surface area contributed by atoms with Crippen LogP contribution in [0.1, 0.15) is 24.5 Å². The molecule has 6 heteroatoms. The van der Waals surface area contributed by atoms with Gasteiger partial charge in [0.05, 0.1) is 12.8 Å². The van der Waals surface area contributed by atoms with Gasteiger partial charge in [-0.15, -0.1) is 0 Å². The van der Waals surface area contributed by atoms with Crippen molar-refractivity contribution in [3.8, 4) is 5.75 Å². The second-order valence-electron chi connectivity index (χ2n) is 6.31. The van der Waals surface area contributed by atoms with E-state index < -0.39 is 0 Å². The molecule has 0 aliphatic carbocycles. The van der Waals surface area contributed by atoms with E-state index in [0.717, 1.165) is 22.6 Å². The van der Waals surface area contributed by atoms with Crippen molar-refractivity contribution < 1.29 is 14.3 Å². The molecule has 2 amide bonds. The van der Waals surface area contributed by atoms with Crippen molar-refractivity contribution in [2.75, 3.05) is 12.4 Å². The maximum atomic E-state index is 12.1. The highest BCUT2D eigenvalue weighted by Crippen LogP contribution is 2.18. The van der Waals surface area contributed by atoms with Crippen molar-refractivity contribution in [3.05, 3.63) is 65.7 Å². The largest absolute Gasteiger partial charge is 0.497 e. The Morgan fingerprint density at radius 3 is 2.52 bits per heavy atom. The van der Waals surface area contributed by atoms with Gasteiger partial charge in [-0.1, -0.05) is 31.2 Å². The Hall–Kier alpha value is -3.41. The minimum Gasteiger partial charge on any atom is -0.497 e. The molecule has 1 atom stereocenters. The quantitative estimate of drug-likeness (QED) is 0.801. The fourth-order valence-corrected chi connectivity index (χ4v) is 2.80. The van der Waals surface area contributed by atoms with Crippen LogP contribution in [0.15, 0.2) is 59.7 Å². The van der Waals surface area contributed by atoms with Crippen LogP contribution in [0.25, 0.3) is 6.08 Å². The van der Waals surface area contributed by atoms with E-state index in [-0.39, 0.29) is 17.7 Å². The summed E-state index contributed by atoms with van der Waals surface area (Å²) in [7, 11) is 1.61. The molecule has 0 saturated carbocycles. The number of benzene rings is 2. The number of hydrazone groups is 1. The van der Waals surface area contributed by atoms with Gasteiger partial charge in [0.1, 0.15) is 5.75 Å². The molecule has 0 bridgehead atoms. The van der Waals surface area contributed by atoms with Crippen molar-refractivity contribution in [1.29, 1.82) is 0 Å². The van der Waals surface area contributed by atoms with Gasteiger partial charge < -0.3 is 10.1 Å². The molecule has 2 N–H and O–H groups in total. The van der Waals surface area contributed by atoms with Gasteiger partial charge >= 0.3 is 0 Å². The highest BCUT2D eigenvalue weighted by molar-refractivity contribution is 6.06. The van der Waals surface area contributed by atoms with Gasteiger partial charge in [-0.3, -0.25) is 9.59 Å². The molecule has 138 valence electrons. The molecule has 1 heterocycles. The molecule has 1 aliphatic heterocycles. The van der Waals surface area contributed by atoms with E-state index in [4.69, 9.17) is 4.74 Å². The first-order chi connectivity index (χ1) is 13.0. The summed E-state index contributed by atoms with van der Waals surface area (Å²) in [5.74, 6) is 0.549. The molecule has 0 unspecified atom stereocenters. The highest BCUT2D eigenvalue weighted by atomic mass is 16.5. The van der Waals surface area contributed by atoms with Crippen molar-refractivity contribution in [2.45, 2.75) is 13.3 Å². The first-order valence-electron chi connectivity index (χ1n) is 8.65. The molecule has 6 nitrogen and oxygen atoms in total. The van der Waals surface area contributed by atoms with E-state index in [1.165, 1.54) is 6.08 Å². The van der Waals surface area contributed by atoms with Crippen LogP contribution in [0.4, 0.5) is 5.69 Å². The van der Waals surface area contributed by atoms with Gasteiger partial charge in [-0.2, -0.15) is 5.10 Å². The molecule has 0 saturated heterocycles. The zero-order valence-electron chi connectivity index (χ0n) is 15.2. The maximum Gasteiger partial charge on any atom is 0.248 e. The van der Waals surface area contributed by atoms with Crippen LogP contribution in [0, 0.1) is 5.92 Å². The number of hydrogen-bond donors (Lipinski definition) is 2. The maximum absolute atomic E-state index is 12.1. The number of carbonyl (C=O) groups excluding carboxylic acids is 2. The molecule has 27 heavy (non-hydrogen) atoms. The lowest BCUT2D eigenvalue weighted by Gasteiger charge is -2.19. The molecule has 0 radical (unpaired) electrons. The van der Waals surface area contributed by atoms with Gasteiger partial charge in [0.2, 0.25) is 11.8 Å². The average molecular weight is 363 g/mol. The SMILES string of the molecule is COc1ccc(/C=C/C(=O)Nc2ccc(C3=NNC(=O)C[C@H]3C)cc2)cc1. The standard InChI is InChI=1S/C21H21N3O3/c1-14-13-20(26)23-24-21(14)16-6-8-17(9-7-16)22-19(25)12-5-15-3-10-18(27-2)11-4-15/h3-12,14H,13H2,1-2H3,(H,22,25)(H,23,26)/b12-5+/t14-/m1/s1. The smallest absolute Gasteiger partial charge is 0.248 e. The third-order valence-corrected chi connectivity index (χ3v) is 4.25. The van der Waals surface area contributed by atoms with Crippen molar-refractivity contribution in [2.24, 2.45) is 11.0 Å². The molecule has 2 aromatic rings. The second-order valence-corrected chi connectivity index (χ2v) is 6.31. The van der Waals surface area contributed by atoms with E-state index >= 15 is 0 Å². The summed E-state index contributed by atoms with van der Waals surface area (Å²) in [6.07, 6.45) is 3.65.